The van der Waals surface area contributed by atoms with E-state index in [-0.39, 0.29) is 12.3 Å². The zero-order valence-corrected chi connectivity index (χ0v) is 16.0. The lowest BCUT2D eigenvalue weighted by atomic mass is 10.1. The number of nitrogens with zero attached hydrogens (tertiary/aromatic N) is 4. The molecule has 10 heteroatoms. The van der Waals surface area contributed by atoms with Crippen LogP contribution >= 0.6 is 0 Å². The first-order chi connectivity index (χ1) is 14.1. The predicted molar refractivity (Wildman–Crippen MR) is 103 cm³/mol. The lowest BCUT2D eigenvalue weighted by Gasteiger charge is -2.12. The molecule has 10 nitrogen and oxygen atoms in total. The molecule has 0 spiro atoms. The van der Waals surface area contributed by atoms with Crippen molar-refractivity contribution in [1.82, 2.24) is 31.1 Å². The molecule has 150 valence electrons. The van der Waals surface area contributed by atoms with Crippen molar-refractivity contribution >= 4 is 11.8 Å². The zero-order valence-electron chi connectivity index (χ0n) is 16.0. The van der Waals surface area contributed by atoms with Crippen molar-refractivity contribution in [3.8, 4) is 17.2 Å². The molecular formula is C19H20N6O4. The molecule has 0 atom stereocenters. The standard InChI is InChI=1S/C19H20N6O4/c1-3-29-16-9-6-14(11-17(16)28-2)19(27)22-21-18(26)10-13-4-7-15(8-5-13)25-12-20-23-24-25/h4-9,11-12H,3,10H2,1-2H3,(H,21,26)(H,22,27). The lowest BCUT2D eigenvalue weighted by molar-refractivity contribution is -0.121. The highest BCUT2D eigenvalue weighted by Gasteiger charge is 2.12. The summed E-state index contributed by atoms with van der Waals surface area (Å²) in [6.45, 7) is 2.34. The monoisotopic (exact) mass is 396 g/mol. The van der Waals surface area contributed by atoms with Gasteiger partial charge in [0, 0.05) is 5.56 Å². The van der Waals surface area contributed by atoms with Gasteiger partial charge in [0.25, 0.3) is 5.91 Å². The molecule has 0 fully saturated rings. The molecule has 29 heavy (non-hydrogen) atoms. The van der Waals surface area contributed by atoms with Crippen LogP contribution in [0.3, 0.4) is 0 Å². The van der Waals surface area contributed by atoms with E-state index >= 15 is 0 Å². The molecule has 0 aliphatic rings. The molecule has 0 saturated heterocycles. The molecule has 0 aliphatic carbocycles. The molecule has 3 rings (SSSR count). The van der Waals surface area contributed by atoms with Crippen molar-refractivity contribution in [2.45, 2.75) is 13.3 Å². The Morgan fingerprint density at radius 2 is 1.86 bits per heavy atom. The summed E-state index contributed by atoms with van der Waals surface area (Å²) in [4.78, 5) is 24.4. The maximum atomic E-state index is 12.3. The summed E-state index contributed by atoms with van der Waals surface area (Å²) in [5.41, 5.74) is 6.67. The third-order valence-electron chi connectivity index (χ3n) is 3.96. The Kier molecular flexibility index (Phi) is 6.36. The van der Waals surface area contributed by atoms with Crippen molar-refractivity contribution < 1.29 is 19.1 Å². The van der Waals surface area contributed by atoms with E-state index in [9.17, 15) is 9.59 Å². The van der Waals surface area contributed by atoms with Crippen LogP contribution in [0.4, 0.5) is 0 Å². The number of hydrogen-bond donors (Lipinski definition) is 2. The highest BCUT2D eigenvalue weighted by Crippen LogP contribution is 2.27. The maximum Gasteiger partial charge on any atom is 0.269 e. The van der Waals surface area contributed by atoms with Crippen LogP contribution in [0.25, 0.3) is 5.69 Å². The minimum absolute atomic E-state index is 0.1000. The number of carbonyl (C=O) groups is 2. The fourth-order valence-corrected chi connectivity index (χ4v) is 2.56. The van der Waals surface area contributed by atoms with E-state index in [0.29, 0.717) is 23.7 Å². The fraction of sp³-hybridized carbons (Fsp3) is 0.211. The molecule has 0 bridgehead atoms. The summed E-state index contributed by atoms with van der Waals surface area (Å²) < 4.78 is 12.2. The average Bonchev–Trinajstić information content (AvgIpc) is 3.28. The summed E-state index contributed by atoms with van der Waals surface area (Å²) in [7, 11) is 1.49. The van der Waals surface area contributed by atoms with E-state index in [0.717, 1.165) is 11.3 Å². The molecule has 1 aromatic heterocycles. The van der Waals surface area contributed by atoms with E-state index < -0.39 is 5.91 Å². The number of tetrazole rings is 1. The Morgan fingerprint density at radius 3 is 2.52 bits per heavy atom. The van der Waals surface area contributed by atoms with Crippen LogP contribution in [-0.4, -0.2) is 45.7 Å². The molecule has 2 N–H and O–H groups in total. The molecule has 2 aromatic carbocycles. The summed E-state index contributed by atoms with van der Waals surface area (Å²) in [5, 5.41) is 10.9. The van der Waals surface area contributed by atoms with Gasteiger partial charge in [0.05, 0.1) is 25.8 Å². The van der Waals surface area contributed by atoms with Gasteiger partial charge in [-0.25, -0.2) is 4.68 Å². The highest BCUT2D eigenvalue weighted by atomic mass is 16.5. The Bertz CT molecular complexity index is 973. The van der Waals surface area contributed by atoms with Gasteiger partial charge in [-0.3, -0.25) is 20.4 Å². The Labute approximate surface area is 166 Å². The summed E-state index contributed by atoms with van der Waals surface area (Å²) in [6.07, 6.45) is 1.58. The number of nitrogens with one attached hydrogen (secondary N) is 2. The first-order valence-corrected chi connectivity index (χ1v) is 8.83. The van der Waals surface area contributed by atoms with E-state index in [1.54, 1.807) is 42.5 Å². The van der Waals surface area contributed by atoms with Crippen LogP contribution < -0.4 is 20.3 Å². The van der Waals surface area contributed by atoms with Crippen LogP contribution in [0.1, 0.15) is 22.8 Å². The van der Waals surface area contributed by atoms with Crippen molar-refractivity contribution in [3.05, 3.63) is 59.9 Å². The van der Waals surface area contributed by atoms with E-state index in [2.05, 4.69) is 26.4 Å². The molecule has 2 amide bonds. The van der Waals surface area contributed by atoms with Crippen LogP contribution in [0.2, 0.25) is 0 Å². The maximum absolute atomic E-state index is 12.3. The van der Waals surface area contributed by atoms with Gasteiger partial charge in [0.15, 0.2) is 11.5 Å². The topological polar surface area (TPSA) is 120 Å². The molecule has 3 aromatic rings. The zero-order chi connectivity index (χ0) is 20.6. The summed E-state index contributed by atoms with van der Waals surface area (Å²) >= 11 is 0. The fourth-order valence-electron chi connectivity index (χ4n) is 2.56. The van der Waals surface area contributed by atoms with Crippen LogP contribution in [0, 0.1) is 0 Å². The SMILES string of the molecule is CCOc1ccc(C(=O)NNC(=O)Cc2ccc(-n3cnnn3)cc2)cc1OC. The Morgan fingerprint density at radius 1 is 1.07 bits per heavy atom. The van der Waals surface area contributed by atoms with Gasteiger partial charge in [0.2, 0.25) is 5.91 Å². The number of rotatable bonds is 7. The molecule has 0 aliphatic heterocycles. The second-order valence-electron chi connectivity index (χ2n) is 5.90. The van der Waals surface area contributed by atoms with Gasteiger partial charge in [-0.2, -0.15) is 0 Å². The number of hydrogen-bond acceptors (Lipinski definition) is 7. The van der Waals surface area contributed by atoms with Gasteiger partial charge in [-0.05, 0) is 53.2 Å². The molecular weight excluding hydrogens is 376 g/mol. The minimum atomic E-state index is -0.464. The van der Waals surface area contributed by atoms with Crippen molar-refractivity contribution in [2.75, 3.05) is 13.7 Å². The first-order valence-electron chi connectivity index (χ1n) is 8.83. The predicted octanol–water partition coefficient (Wildman–Crippen LogP) is 1.07. The number of benzene rings is 2. The third kappa shape index (κ3) is 5.06. The number of aromatic nitrogens is 4. The Hall–Kier alpha value is -3.95. The number of amides is 2. The number of ether oxygens (including phenoxy) is 2. The second kappa shape index (κ2) is 9.31. The van der Waals surface area contributed by atoms with Crippen LogP contribution in [0.5, 0.6) is 11.5 Å². The largest absolute Gasteiger partial charge is 0.493 e. The van der Waals surface area contributed by atoms with Crippen LogP contribution in [0.15, 0.2) is 48.8 Å². The van der Waals surface area contributed by atoms with Gasteiger partial charge in [-0.1, -0.05) is 12.1 Å². The van der Waals surface area contributed by atoms with Crippen LogP contribution in [-0.2, 0) is 11.2 Å². The summed E-state index contributed by atoms with van der Waals surface area (Å²) in [6, 6.07) is 11.9. The van der Waals surface area contributed by atoms with E-state index in [1.165, 1.54) is 18.1 Å². The van der Waals surface area contributed by atoms with Crippen molar-refractivity contribution in [2.24, 2.45) is 0 Å². The molecule has 0 radical (unpaired) electrons. The smallest absolute Gasteiger partial charge is 0.269 e. The number of hydrazine groups is 1. The Balaban J connectivity index is 1.54. The molecule has 0 unspecified atom stereocenters. The number of methoxy groups -OCH3 is 1. The third-order valence-corrected chi connectivity index (χ3v) is 3.96. The van der Waals surface area contributed by atoms with Gasteiger partial charge < -0.3 is 9.47 Å². The normalized spacial score (nSPS) is 10.3. The van der Waals surface area contributed by atoms with Crippen molar-refractivity contribution in [3.63, 3.8) is 0 Å². The van der Waals surface area contributed by atoms with E-state index in [4.69, 9.17) is 9.47 Å². The van der Waals surface area contributed by atoms with Gasteiger partial charge >= 0.3 is 0 Å². The minimum Gasteiger partial charge on any atom is -0.493 e. The molecule has 0 saturated carbocycles. The first kappa shape index (κ1) is 19.8. The van der Waals surface area contributed by atoms with Gasteiger partial charge in [0.1, 0.15) is 6.33 Å². The number of carbonyl (C=O) groups excluding carboxylic acids is 2. The van der Waals surface area contributed by atoms with Gasteiger partial charge in [-0.15, -0.1) is 5.10 Å². The quantitative estimate of drug-likeness (QED) is 0.573. The van der Waals surface area contributed by atoms with Crippen molar-refractivity contribution in [1.29, 1.82) is 0 Å². The van der Waals surface area contributed by atoms with E-state index in [1.807, 2.05) is 6.92 Å². The molecule has 1 heterocycles. The highest BCUT2D eigenvalue weighted by molar-refractivity contribution is 5.96. The summed E-state index contributed by atoms with van der Waals surface area (Å²) in [5.74, 6) is 0.161. The second-order valence-corrected chi connectivity index (χ2v) is 5.90. The lowest BCUT2D eigenvalue weighted by Crippen LogP contribution is -2.42. The average molecular weight is 396 g/mol.